The van der Waals surface area contributed by atoms with Gasteiger partial charge in [-0.15, -0.1) is 0 Å². The minimum atomic E-state index is -0.877. The van der Waals surface area contributed by atoms with Gasteiger partial charge in [0.15, 0.2) is 0 Å². The van der Waals surface area contributed by atoms with E-state index in [9.17, 15) is 14.7 Å². The van der Waals surface area contributed by atoms with Crippen molar-refractivity contribution in [2.75, 3.05) is 47.5 Å². The topological polar surface area (TPSA) is 126 Å². The number of aliphatic hydroxyl groups is 1. The van der Waals surface area contributed by atoms with Crippen molar-refractivity contribution in [3.8, 4) is 5.75 Å². The number of amides is 3. The summed E-state index contributed by atoms with van der Waals surface area (Å²) >= 11 is 0. The maximum absolute atomic E-state index is 12.8. The molecule has 0 fully saturated rings. The number of nitrogens with zero attached hydrogens (tertiary/aromatic N) is 1. The lowest BCUT2D eigenvalue weighted by atomic mass is 9.87. The van der Waals surface area contributed by atoms with Crippen molar-refractivity contribution in [2.45, 2.75) is 45.3 Å². The number of aliphatic hydroxyl groups excluding tert-OH is 1. The van der Waals surface area contributed by atoms with Gasteiger partial charge in [0.05, 0.1) is 18.3 Å². The zero-order chi connectivity index (χ0) is 24.8. The molecule has 0 saturated heterocycles. The summed E-state index contributed by atoms with van der Waals surface area (Å²) in [6.45, 7) is 5.80. The van der Waals surface area contributed by atoms with Crippen molar-refractivity contribution in [2.24, 2.45) is 17.6 Å². The third-order valence-corrected chi connectivity index (χ3v) is 5.54. The second kappa shape index (κ2) is 15.5. The Bertz CT molecular complexity index is 714. The van der Waals surface area contributed by atoms with Crippen molar-refractivity contribution >= 4 is 11.9 Å². The van der Waals surface area contributed by atoms with Crippen molar-refractivity contribution in [1.82, 2.24) is 15.5 Å². The molecule has 3 unspecified atom stereocenters. The Morgan fingerprint density at radius 2 is 1.76 bits per heavy atom. The predicted molar refractivity (Wildman–Crippen MR) is 129 cm³/mol. The Morgan fingerprint density at radius 3 is 2.39 bits per heavy atom. The molecule has 0 heterocycles. The van der Waals surface area contributed by atoms with Gasteiger partial charge in [-0.1, -0.05) is 26.0 Å². The average molecular weight is 467 g/mol. The van der Waals surface area contributed by atoms with E-state index in [2.05, 4.69) is 24.5 Å². The van der Waals surface area contributed by atoms with Gasteiger partial charge in [0.1, 0.15) is 5.75 Å². The summed E-state index contributed by atoms with van der Waals surface area (Å²) in [4.78, 5) is 25.9. The summed E-state index contributed by atoms with van der Waals surface area (Å²) in [5.74, 6) is 0.648. The smallest absolute Gasteiger partial charge is 0.316 e. The van der Waals surface area contributed by atoms with E-state index < -0.39 is 12.1 Å². The molecule has 1 aromatic rings. The van der Waals surface area contributed by atoms with Gasteiger partial charge in [0, 0.05) is 46.9 Å². The van der Waals surface area contributed by atoms with Crippen LogP contribution in [0.3, 0.4) is 0 Å². The molecule has 1 rings (SSSR count). The summed E-state index contributed by atoms with van der Waals surface area (Å²) in [5.41, 5.74) is 6.68. The van der Waals surface area contributed by atoms with Crippen LogP contribution in [0.2, 0.25) is 0 Å². The van der Waals surface area contributed by atoms with Gasteiger partial charge in [-0.05, 0) is 43.2 Å². The lowest BCUT2D eigenvalue weighted by Crippen LogP contribution is -2.47. The third-order valence-electron chi connectivity index (χ3n) is 5.54. The fourth-order valence-corrected chi connectivity index (χ4v) is 3.23. The highest BCUT2D eigenvalue weighted by Crippen LogP contribution is 2.20. The fraction of sp³-hybridized carbons (Fsp3) is 0.667. The standard InChI is InChI=1S/C24H42N4O5/c1-17(2)18(14-20(25)21(29)16-27-24(31)28(3)4)15-26-23(30)19-10-6-7-11-22(19)33-13-9-8-12-32-5/h6-7,10-11,17-18,20-21,29H,8-9,12-16,25H2,1-5H3,(H,26,30)(H,27,31). The number of para-hydroxylation sites is 1. The van der Waals surface area contributed by atoms with E-state index in [-0.39, 0.29) is 30.3 Å². The van der Waals surface area contributed by atoms with Gasteiger partial charge in [-0.3, -0.25) is 4.79 Å². The number of unbranched alkanes of at least 4 members (excludes halogenated alkanes) is 1. The number of rotatable bonds is 15. The minimum Gasteiger partial charge on any atom is -0.493 e. The Morgan fingerprint density at radius 1 is 1.09 bits per heavy atom. The Labute approximate surface area is 198 Å². The molecule has 0 saturated carbocycles. The molecule has 0 bridgehead atoms. The fourth-order valence-electron chi connectivity index (χ4n) is 3.23. The number of hydrogen-bond acceptors (Lipinski definition) is 6. The van der Waals surface area contributed by atoms with Crippen LogP contribution in [0, 0.1) is 11.8 Å². The van der Waals surface area contributed by atoms with E-state index >= 15 is 0 Å². The number of nitrogens with two attached hydrogens (primary N) is 1. The molecule has 3 atom stereocenters. The molecule has 0 aromatic heterocycles. The second-order valence-corrected chi connectivity index (χ2v) is 8.81. The summed E-state index contributed by atoms with van der Waals surface area (Å²) in [7, 11) is 4.93. The van der Waals surface area contributed by atoms with Gasteiger partial charge in [0.25, 0.3) is 5.91 Å². The van der Waals surface area contributed by atoms with Gasteiger partial charge >= 0.3 is 6.03 Å². The molecule has 0 aliphatic heterocycles. The van der Waals surface area contributed by atoms with Crippen LogP contribution in [0.4, 0.5) is 4.79 Å². The van der Waals surface area contributed by atoms with Crippen molar-refractivity contribution in [3.63, 3.8) is 0 Å². The van der Waals surface area contributed by atoms with Crippen molar-refractivity contribution in [3.05, 3.63) is 29.8 Å². The molecule has 1 aromatic carbocycles. The predicted octanol–water partition coefficient (Wildman–Crippen LogP) is 1.84. The summed E-state index contributed by atoms with van der Waals surface area (Å²) in [5, 5.41) is 16.0. The van der Waals surface area contributed by atoms with Crippen LogP contribution in [0.15, 0.2) is 24.3 Å². The molecule has 9 nitrogen and oxygen atoms in total. The molecule has 5 N–H and O–H groups in total. The Hall–Kier alpha value is -2.36. The van der Waals surface area contributed by atoms with Crippen LogP contribution in [-0.2, 0) is 4.74 Å². The van der Waals surface area contributed by atoms with E-state index in [0.29, 0.717) is 37.5 Å². The Kier molecular flexibility index (Phi) is 13.4. The molecule has 0 aliphatic rings. The highest BCUT2D eigenvalue weighted by atomic mass is 16.5. The van der Waals surface area contributed by atoms with Crippen LogP contribution in [-0.4, -0.2) is 81.6 Å². The number of urea groups is 1. The molecule has 0 aliphatic carbocycles. The molecule has 33 heavy (non-hydrogen) atoms. The van der Waals surface area contributed by atoms with E-state index in [1.807, 2.05) is 6.07 Å². The number of nitrogens with one attached hydrogen (secondary N) is 2. The highest BCUT2D eigenvalue weighted by molar-refractivity contribution is 5.96. The van der Waals surface area contributed by atoms with Crippen molar-refractivity contribution in [1.29, 1.82) is 0 Å². The SMILES string of the molecule is COCCCCOc1ccccc1C(=O)NCC(CC(N)C(O)CNC(=O)N(C)C)C(C)C. The van der Waals surface area contributed by atoms with Gasteiger partial charge in [-0.25, -0.2) is 4.79 Å². The van der Waals surface area contributed by atoms with E-state index in [1.165, 1.54) is 4.90 Å². The van der Waals surface area contributed by atoms with E-state index in [4.69, 9.17) is 15.2 Å². The first kappa shape index (κ1) is 28.7. The molecule has 188 valence electrons. The normalized spacial score (nSPS) is 13.8. The largest absolute Gasteiger partial charge is 0.493 e. The molecule has 0 radical (unpaired) electrons. The summed E-state index contributed by atoms with van der Waals surface area (Å²) in [6, 6.07) is 6.37. The van der Waals surface area contributed by atoms with E-state index in [0.717, 1.165) is 12.8 Å². The number of carbonyl (C=O) groups is 2. The molecule has 9 heteroatoms. The first-order valence-corrected chi connectivity index (χ1v) is 11.5. The lowest BCUT2D eigenvalue weighted by molar-refractivity contribution is 0.0927. The van der Waals surface area contributed by atoms with Crippen LogP contribution in [0.5, 0.6) is 5.75 Å². The van der Waals surface area contributed by atoms with Gasteiger partial charge in [0.2, 0.25) is 0 Å². The van der Waals surface area contributed by atoms with Crippen LogP contribution in [0.1, 0.15) is 43.5 Å². The number of carbonyl (C=O) groups excluding carboxylic acids is 2. The highest BCUT2D eigenvalue weighted by Gasteiger charge is 2.24. The summed E-state index contributed by atoms with van der Waals surface area (Å²) in [6.07, 6.45) is 1.37. The maximum Gasteiger partial charge on any atom is 0.316 e. The van der Waals surface area contributed by atoms with Crippen LogP contribution < -0.4 is 21.1 Å². The number of hydrogen-bond donors (Lipinski definition) is 4. The Balaban J connectivity index is 2.61. The molecular weight excluding hydrogens is 424 g/mol. The monoisotopic (exact) mass is 466 g/mol. The number of benzene rings is 1. The van der Waals surface area contributed by atoms with Crippen LogP contribution in [0.25, 0.3) is 0 Å². The number of ether oxygens (including phenoxy) is 2. The third kappa shape index (κ3) is 10.9. The second-order valence-electron chi connectivity index (χ2n) is 8.81. The number of methoxy groups -OCH3 is 1. The van der Waals surface area contributed by atoms with Crippen molar-refractivity contribution < 1.29 is 24.2 Å². The van der Waals surface area contributed by atoms with E-state index in [1.54, 1.807) is 39.4 Å². The molecular formula is C24H42N4O5. The maximum atomic E-state index is 12.8. The average Bonchev–Trinajstić information content (AvgIpc) is 2.79. The first-order valence-electron chi connectivity index (χ1n) is 11.5. The van der Waals surface area contributed by atoms with Gasteiger partial charge < -0.3 is 35.8 Å². The zero-order valence-corrected chi connectivity index (χ0v) is 20.7. The molecule has 3 amide bonds. The summed E-state index contributed by atoms with van der Waals surface area (Å²) < 4.78 is 10.9. The minimum absolute atomic E-state index is 0.0604. The molecule has 0 spiro atoms. The quantitative estimate of drug-likeness (QED) is 0.292. The van der Waals surface area contributed by atoms with Gasteiger partial charge in [-0.2, -0.15) is 0 Å². The lowest BCUT2D eigenvalue weighted by Gasteiger charge is -2.27. The first-order chi connectivity index (χ1) is 15.7. The zero-order valence-electron chi connectivity index (χ0n) is 20.7. The van der Waals surface area contributed by atoms with Crippen LogP contribution >= 0.6 is 0 Å².